The first kappa shape index (κ1) is 11.0. The third-order valence-corrected chi connectivity index (χ3v) is 2.31. The summed E-state index contributed by atoms with van der Waals surface area (Å²) < 4.78 is 0. The second kappa shape index (κ2) is 3.83. The van der Waals surface area contributed by atoms with Gasteiger partial charge in [0.1, 0.15) is 0 Å². The van der Waals surface area contributed by atoms with Gasteiger partial charge in [-0.05, 0) is 12.1 Å². The fraction of sp³-hybridized carbons (Fsp3) is 0.111. The minimum absolute atomic E-state index is 0.101. The zero-order chi connectivity index (χ0) is 12.6. The zero-order valence-corrected chi connectivity index (χ0v) is 8.49. The largest absolute Gasteiger partial charge is 0.312 e. The topological polar surface area (TPSA) is 119 Å². The molecule has 17 heavy (non-hydrogen) atoms. The highest BCUT2D eigenvalue weighted by molar-refractivity contribution is 6.17. The van der Waals surface area contributed by atoms with Gasteiger partial charge >= 0.3 is 0 Å². The molecule has 8 heteroatoms. The van der Waals surface area contributed by atoms with Crippen molar-refractivity contribution >= 4 is 23.2 Å². The number of amides is 2. The summed E-state index contributed by atoms with van der Waals surface area (Å²) in [6.45, 7) is 0. The molecule has 1 saturated heterocycles. The van der Waals surface area contributed by atoms with Crippen molar-refractivity contribution < 1.29 is 14.5 Å². The SMILES string of the molecule is N[C@@H]1C(=O)NN(c2ccc([N+](=O)[O-])cc2)C1=O. The van der Waals surface area contributed by atoms with Crippen LogP contribution in [0.5, 0.6) is 0 Å². The summed E-state index contributed by atoms with van der Waals surface area (Å²) in [6.07, 6.45) is 0. The van der Waals surface area contributed by atoms with Crippen molar-refractivity contribution in [1.82, 2.24) is 5.43 Å². The van der Waals surface area contributed by atoms with Crippen molar-refractivity contribution in [1.29, 1.82) is 0 Å². The third kappa shape index (κ3) is 1.81. The van der Waals surface area contributed by atoms with E-state index in [2.05, 4.69) is 5.43 Å². The molecule has 2 rings (SSSR count). The van der Waals surface area contributed by atoms with Crippen LogP contribution in [0.1, 0.15) is 0 Å². The fourth-order valence-corrected chi connectivity index (χ4v) is 1.40. The normalized spacial score (nSPS) is 19.4. The molecule has 1 aliphatic rings. The predicted octanol–water partition coefficient (Wildman–Crippen LogP) is -0.700. The molecule has 1 atom stereocenters. The highest BCUT2D eigenvalue weighted by Crippen LogP contribution is 2.20. The number of hydrogen-bond donors (Lipinski definition) is 2. The van der Waals surface area contributed by atoms with Gasteiger partial charge in [-0.1, -0.05) is 0 Å². The number of nitro groups is 1. The molecule has 1 fully saturated rings. The van der Waals surface area contributed by atoms with Crippen LogP contribution in [0.15, 0.2) is 24.3 Å². The zero-order valence-electron chi connectivity index (χ0n) is 8.49. The molecule has 1 aliphatic heterocycles. The lowest BCUT2D eigenvalue weighted by Gasteiger charge is -2.14. The molecule has 1 aromatic carbocycles. The number of nitrogens with two attached hydrogens (primary N) is 1. The molecule has 0 bridgehead atoms. The van der Waals surface area contributed by atoms with E-state index in [1.165, 1.54) is 24.3 Å². The summed E-state index contributed by atoms with van der Waals surface area (Å²) in [4.78, 5) is 32.5. The molecular formula is C9H8N4O4. The number of non-ortho nitro benzene ring substituents is 1. The highest BCUT2D eigenvalue weighted by Gasteiger charge is 2.37. The lowest BCUT2D eigenvalue weighted by molar-refractivity contribution is -0.384. The third-order valence-electron chi connectivity index (χ3n) is 2.31. The molecular weight excluding hydrogens is 228 g/mol. The Hall–Kier alpha value is -2.48. The van der Waals surface area contributed by atoms with E-state index in [4.69, 9.17) is 5.73 Å². The smallest absolute Gasteiger partial charge is 0.272 e. The Morgan fingerprint density at radius 3 is 2.29 bits per heavy atom. The maximum Gasteiger partial charge on any atom is 0.272 e. The number of nitrogens with zero attached hydrogens (tertiary/aromatic N) is 2. The van der Waals surface area contributed by atoms with Crippen LogP contribution < -0.4 is 16.2 Å². The van der Waals surface area contributed by atoms with Gasteiger partial charge in [-0.3, -0.25) is 25.1 Å². The minimum atomic E-state index is -1.23. The predicted molar refractivity (Wildman–Crippen MR) is 56.7 cm³/mol. The van der Waals surface area contributed by atoms with Gasteiger partial charge in [0.05, 0.1) is 10.6 Å². The van der Waals surface area contributed by atoms with Crippen molar-refractivity contribution in [3.63, 3.8) is 0 Å². The number of rotatable bonds is 2. The van der Waals surface area contributed by atoms with Gasteiger partial charge in [-0.2, -0.15) is 0 Å². The van der Waals surface area contributed by atoms with E-state index in [0.29, 0.717) is 5.69 Å². The van der Waals surface area contributed by atoms with Crippen molar-refractivity contribution in [2.24, 2.45) is 5.73 Å². The van der Waals surface area contributed by atoms with Crippen LogP contribution in [0.2, 0.25) is 0 Å². The van der Waals surface area contributed by atoms with Crippen molar-refractivity contribution in [3.8, 4) is 0 Å². The fourth-order valence-electron chi connectivity index (χ4n) is 1.40. The monoisotopic (exact) mass is 236 g/mol. The summed E-state index contributed by atoms with van der Waals surface area (Å²) in [5.41, 5.74) is 7.80. The van der Waals surface area contributed by atoms with Gasteiger partial charge in [-0.25, -0.2) is 5.01 Å². The van der Waals surface area contributed by atoms with E-state index in [-0.39, 0.29) is 5.69 Å². The average Bonchev–Trinajstić information content (AvgIpc) is 2.57. The highest BCUT2D eigenvalue weighted by atomic mass is 16.6. The van der Waals surface area contributed by atoms with E-state index >= 15 is 0 Å². The molecule has 0 spiro atoms. The number of carbonyl (C=O) groups is 2. The summed E-state index contributed by atoms with van der Waals surface area (Å²) in [5, 5.41) is 11.4. The molecule has 0 saturated carbocycles. The Balaban J connectivity index is 2.27. The second-order valence-electron chi connectivity index (χ2n) is 3.40. The number of hydrogen-bond acceptors (Lipinski definition) is 5. The van der Waals surface area contributed by atoms with Crippen LogP contribution in [-0.2, 0) is 9.59 Å². The van der Waals surface area contributed by atoms with E-state index in [1.807, 2.05) is 0 Å². The van der Waals surface area contributed by atoms with Crippen LogP contribution >= 0.6 is 0 Å². The van der Waals surface area contributed by atoms with Crippen LogP contribution in [0, 0.1) is 10.1 Å². The molecule has 3 N–H and O–H groups in total. The lowest BCUT2D eigenvalue weighted by Crippen LogP contribution is -2.36. The second-order valence-corrected chi connectivity index (χ2v) is 3.40. The van der Waals surface area contributed by atoms with E-state index in [9.17, 15) is 19.7 Å². The van der Waals surface area contributed by atoms with Crippen molar-refractivity contribution in [3.05, 3.63) is 34.4 Å². The van der Waals surface area contributed by atoms with Crippen molar-refractivity contribution in [2.45, 2.75) is 6.04 Å². The summed E-state index contributed by atoms with van der Waals surface area (Å²) in [5.74, 6) is -1.20. The number of anilines is 1. The van der Waals surface area contributed by atoms with E-state index < -0.39 is 22.8 Å². The molecule has 0 aliphatic carbocycles. The van der Waals surface area contributed by atoms with E-state index in [1.54, 1.807) is 0 Å². The number of nitro benzene ring substituents is 1. The maximum absolute atomic E-state index is 11.5. The molecule has 8 nitrogen and oxygen atoms in total. The Kier molecular flexibility index (Phi) is 2.48. The first-order valence-corrected chi connectivity index (χ1v) is 4.65. The van der Waals surface area contributed by atoms with Gasteiger partial charge in [0.15, 0.2) is 6.04 Å². The Bertz CT molecular complexity index is 498. The standard InChI is InChI=1S/C9H8N4O4/c10-7-8(14)11-12(9(7)15)5-1-3-6(4-2-5)13(16)17/h1-4,7H,10H2,(H,11,14)/t7-/m1/s1. The van der Waals surface area contributed by atoms with Crippen LogP contribution in [0.4, 0.5) is 11.4 Å². The average molecular weight is 236 g/mol. The van der Waals surface area contributed by atoms with Gasteiger partial charge in [0, 0.05) is 12.1 Å². The lowest BCUT2D eigenvalue weighted by atomic mass is 10.2. The van der Waals surface area contributed by atoms with Gasteiger partial charge in [-0.15, -0.1) is 0 Å². The summed E-state index contributed by atoms with van der Waals surface area (Å²) in [6, 6.07) is 3.95. The van der Waals surface area contributed by atoms with Gasteiger partial charge in [0.2, 0.25) is 0 Å². The molecule has 1 heterocycles. The molecule has 0 unspecified atom stereocenters. The van der Waals surface area contributed by atoms with Crippen LogP contribution in [-0.4, -0.2) is 22.8 Å². The number of nitrogens with one attached hydrogen (secondary N) is 1. The molecule has 1 aromatic rings. The maximum atomic E-state index is 11.5. The summed E-state index contributed by atoms with van der Waals surface area (Å²) >= 11 is 0. The Morgan fingerprint density at radius 1 is 1.29 bits per heavy atom. The molecule has 88 valence electrons. The Labute approximate surface area is 95.1 Å². The van der Waals surface area contributed by atoms with E-state index in [0.717, 1.165) is 5.01 Å². The van der Waals surface area contributed by atoms with Crippen LogP contribution in [0.25, 0.3) is 0 Å². The first-order valence-electron chi connectivity index (χ1n) is 4.65. The summed E-state index contributed by atoms with van der Waals surface area (Å²) in [7, 11) is 0. The number of carbonyl (C=O) groups excluding carboxylic acids is 2. The molecule has 0 aromatic heterocycles. The van der Waals surface area contributed by atoms with Crippen molar-refractivity contribution in [2.75, 3.05) is 5.01 Å². The van der Waals surface area contributed by atoms with Gasteiger partial charge in [0.25, 0.3) is 17.5 Å². The molecule has 2 amide bonds. The minimum Gasteiger partial charge on any atom is -0.312 e. The number of hydrazine groups is 1. The Morgan fingerprint density at radius 2 is 1.88 bits per heavy atom. The van der Waals surface area contributed by atoms with Gasteiger partial charge < -0.3 is 5.73 Å². The first-order chi connectivity index (χ1) is 8.00. The number of benzene rings is 1. The quantitative estimate of drug-likeness (QED) is 0.400. The van der Waals surface area contributed by atoms with Crippen LogP contribution in [0.3, 0.4) is 0 Å². The molecule has 0 radical (unpaired) electrons.